The smallest absolute Gasteiger partial charge is 0.243 e. The molecule has 2 unspecified atom stereocenters. The van der Waals surface area contributed by atoms with E-state index in [0.29, 0.717) is 35.4 Å². The van der Waals surface area contributed by atoms with Crippen molar-refractivity contribution < 1.29 is 18.0 Å². The predicted octanol–water partition coefficient (Wildman–Crippen LogP) is 3.75. The zero-order valence-electron chi connectivity index (χ0n) is 17.8. The first kappa shape index (κ1) is 22.8. The number of hydrogen-bond donors (Lipinski definition) is 1. The quantitative estimate of drug-likeness (QED) is 0.713. The highest BCUT2D eigenvalue weighted by molar-refractivity contribution is 7.89. The van der Waals surface area contributed by atoms with Crippen LogP contribution in [0.1, 0.15) is 26.2 Å². The van der Waals surface area contributed by atoms with Crippen LogP contribution >= 0.6 is 11.6 Å². The van der Waals surface area contributed by atoms with Crippen molar-refractivity contribution in [2.45, 2.75) is 31.1 Å². The molecule has 2 aromatic carbocycles. The molecule has 9 heteroatoms. The minimum atomic E-state index is -3.54. The number of carbonyl (C=O) groups is 2. The van der Waals surface area contributed by atoms with Gasteiger partial charge < -0.3 is 10.2 Å². The van der Waals surface area contributed by atoms with E-state index in [1.54, 1.807) is 41.3 Å². The van der Waals surface area contributed by atoms with Crippen molar-refractivity contribution in [3.63, 3.8) is 0 Å². The largest absolute Gasteiger partial charge is 0.326 e. The fraction of sp³-hybridized carbons (Fsp3) is 0.391. The van der Waals surface area contributed by atoms with E-state index >= 15 is 0 Å². The third-order valence-electron chi connectivity index (χ3n) is 6.01. The standard InChI is InChI=1S/C23H26ClN3O4S/c1-16-3-2-12-26(14-16)32(30,31)21-10-6-19(7-11-21)25-23(29)17-13-22(28)27(15-17)20-8-4-18(24)5-9-20/h4-11,16-17H,2-3,12-15H2,1H3,(H,25,29). The van der Waals surface area contributed by atoms with Gasteiger partial charge in [0.25, 0.3) is 0 Å². The Hall–Kier alpha value is -2.42. The Bertz CT molecular complexity index is 1100. The van der Waals surface area contributed by atoms with E-state index in [0.717, 1.165) is 12.8 Å². The normalized spacial score (nSPS) is 22.2. The van der Waals surface area contributed by atoms with E-state index in [2.05, 4.69) is 12.2 Å². The van der Waals surface area contributed by atoms with Crippen LogP contribution in [-0.2, 0) is 19.6 Å². The van der Waals surface area contributed by atoms with Crippen LogP contribution in [0, 0.1) is 11.8 Å². The zero-order chi connectivity index (χ0) is 22.9. The minimum Gasteiger partial charge on any atom is -0.326 e. The first-order valence-corrected chi connectivity index (χ1v) is 12.5. The Labute approximate surface area is 193 Å². The molecule has 170 valence electrons. The second kappa shape index (κ2) is 9.21. The summed E-state index contributed by atoms with van der Waals surface area (Å²) in [6, 6.07) is 13.1. The maximum Gasteiger partial charge on any atom is 0.243 e. The number of rotatable bonds is 5. The predicted molar refractivity (Wildman–Crippen MR) is 124 cm³/mol. The van der Waals surface area contributed by atoms with Gasteiger partial charge in [-0.2, -0.15) is 4.31 Å². The summed E-state index contributed by atoms with van der Waals surface area (Å²) in [5, 5.41) is 3.38. The second-order valence-electron chi connectivity index (χ2n) is 8.51. The molecule has 2 heterocycles. The van der Waals surface area contributed by atoms with Gasteiger partial charge in [0.2, 0.25) is 21.8 Å². The van der Waals surface area contributed by atoms with Crippen molar-refractivity contribution in [1.82, 2.24) is 4.31 Å². The van der Waals surface area contributed by atoms with Crippen LogP contribution in [-0.4, -0.2) is 44.2 Å². The number of anilines is 2. The molecule has 2 saturated heterocycles. The Balaban J connectivity index is 1.40. The highest BCUT2D eigenvalue weighted by Gasteiger charge is 2.35. The van der Waals surface area contributed by atoms with E-state index < -0.39 is 15.9 Å². The molecule has 4 rings (SSSR count). The van der Waals surface area contributed by atoms with Crippen LogP contribution in [0.15, 0.2) is 53.4 Å². The maximum absolute atomic E-state index is 12.9. The molecule has 2 atom stereocenters. The van der Waals surface area contributed by atoms with Crippen molar-refractivity contribution in [3.05, 3.63) is 53.6 Å². The summed E-state index contributed by atoms with van der Waals surface area (Å²) in [5.41, 5.74) is 1.20. The van der Waals surface area contributed by atoms with E-state index in [1.165, 1.54) is 16.4 Å². The van der Waals surface area contributed by atoms with Crippen LogP contribution in [0.5, 0.6) is 0 Å². The summed E-state index contributed by atoms with van der Waals surface area (Å²) < 4.78 is 27.3. The molecule has 2 aromatic rings. The maximum atomic E-state index is 12.9. The summed E-state index contributed by atoms with van der Waals surface area (Å²) >= 11 is 5.91. The topological polar surface area (TPSA) is 86.8 Å². The highest BCUT2D eigenvalue weighted by atomic mass is 35.5. The van der Waals surface area contributed by atoms with Crippen LogP contribution in [0.2, 0.25) is 5.02 Å². The van der Waals surface area contributed by atoms with Crippen molar-refractivity contribution in [2.75, 3.05) is 29.9 Å². The van der Waals surface area contributed by atoms with Gasteiger partial charge in [-0.3, -0.25) is 9.59 Å². The Morgan fingerprint density at radius 1 is 1.06 bits per heavy atom. The molecule has 0 aliphatic carbocycles. The van der Waals surface area contributed by atoms with Gasteiger partial charge >= 0.3 is 0 Å². The summed E-state index contributed by atoms with van der Waals surface area (Å²) in [6.45, 7) is 3.40. The molecule has 2 aliphatic heterocycles. The molecule has 0 spiro atoms. The molecule has 2 aliphatic rings. The SMILES string of the molecule is CC1CCCN(S(=O)(=O)c2ccc(NC(=O)C3CC(=O)N(c4ccc(Cl)cc4)C3)cc2)C1. The van der Waals surface area contributed by atoms with Crippen molar-refractivity contribution in [3.8, 4) is 0 Å². The van der Waals surface area contributed by atoms with Gasteiger partial charge in [-0.15, -0.1) is 0 Å². The van der Waals surface area contributed by atoms with Crippen molar-refractivity contribution in [1.29, 1.82) is 0 Å². The van der Waals surface area contributed by atoms with Gasteiger partial charge in [-0.25, -0.2) is 8.42 Å². The summed E-state index contributed by atoms with van der Waals surface area (Å²) in [7, 11) is -3.54. The third kappa shape index (κ3) is 4.82. The molecule has 0 bridgehead atoms. The lowest BCUT2D eigenvalue weighted by atomic mass is 10.0. The molecular formula is C23H26ClN3O4S. The number of benzene rings is 2. The molecule has 7 nitrogen and oxygen atoms in total. The lowest BCUT2D eigenvalue weighted by Gasteiger charge is -2.30. The van der Waals surface area contributed by atoms with Gasteiger partial charge in [0.15, 0.2) is 0 Å². The molecular weight excluding hydrogens is 450 g/mol. The number of nitrogens with zero attached hydrogens (tertiary/aromatic N) is 2. The molecule has 0 radical (unpaired) electrons. The number of piperidine rings is 1. The summed E-state index contributed by atoms with van der Waals surface area (Å²) in [4.78, 5) is 26.9. The Morgan fingerprint density at radius 3 is 2.41 bits per heavy atom. The van der Waals surface area contributed by atoms with Crippen LogP contribution < -0.4 is 10.2 Å². The first-order chi connectivity index (χ1) is 15.2. The third-order valence-corrected chi connectivity index (χ3v) is 8.14. The summed E-state index contributed by atoms with van der Waals surface area (Å²) in [6.07, 6.45) is 2.02. The van der Waals surface area contributed by atoms with Crippen LogP contribution in [0.25, 0.3) is 0 Å². The second-order valence-corrected chi connectivity index (χ2v) is 10.9. The van der Waals surface area contributed by atoms with Gasteiger partial charge in [0.05, 0.1) is 10.8 Å². The number of nitrogens with one attached hydrogen (secondary N) is 1. The highest BCUT2D eigenvalue weighted by Crippen LogP contribution is 2.28. The van der Waals surface area contributed by atoms with E-state index in [1.807, 2.05) is 0 Å². The molecule has 0 aromatic heterocycles. The average molecular weight is 476 g/mol. The van der Waals surface area contributed by atoms with E-state index in [9.17, 15) is 18.0 Å². The average Bonchev–Trinajstić information content (AvgIpc) is 3.16. The molecule has 0 saturated carbocycles. The lowest BCUT2D eigenvalue weighted by Crippen LogP contribution is -2.39. The van der Waals surface area contributed by atoms with E-state index in [-0.39, 0.29) is 29.7 Å². The van der Waals surface area contributed by atoms with E-state index in [4.69, 9.17) is 11.6 Å². The lowest BCUT2D eigenvalue weighted by molar-refractivity contribution is -0.122. The van der Waals surface area contributed by atoms with Crippen molar-refractivity contribution in [2.24, 2.45) is 11.8 Å². The van der Waals surface area contributed by atoms with Gasteiger partial charge in [-0.1, -0.05) is 18.5 Å². The number of sulfonamides is 1. The zero-order valence-corrected chi connectivity index (χ0v) is 19.4. The Morgan fingerprint density at radius 2 is 1.75 bits per heavy atom. The Kier molecular flexibility index (Phi) is 6.55. The molecule has 32 heavy (non-hydrogen) atoms. The monoisotopic (exact) mass is 475 g/mol. The first-order valence-electron chi connectivity index (χ1n) is 10.7. The van der Waals surface area contributed by atoms with Crippen LogP contribution in [0.4, 0.5) is 11.4 Å². The number of carbonyl (C=O) groups excluding carboxylic acids is 2. The van der Waals surface area contributed by atoms with Gasteiger partial charge in [0.1, 0.15) is 0 Å². The molecule has 2 amide bonds. The van der Waals surface area contributed by atoms with Crippen molar-refractivity contribution >= 4 is 44.8 Å². The number of hydrogen-bond acceptors (Lipinski definition) is 4. The fourth-order valence-electron chi connectivity index (χ4n) is 4.22. The van der Waals surface area contributed by atoms with Gasteiger partial charge in [0, 0.05) is 42.5 Å². The number of amides is 2. The fourth-order valence-corrected chi connectivity index (χ4v) is 5.95. The number of halogens is 1. The summed E-state index contributed by atoms with van der Waals surface area (Å²) in [5.74, 6) is -0.532. The minimum absolute atomic E-state index is 0.119. The molecule has 1 N–H and O–H groups in total. The van der Waals surface area contributed by atoms with Crippen LogP contribution in [0.3, 0.4) is 0 Å². The van der Waals surface area contributed by atoms with Gasteiger partial charge in [-0.05, 0) is 67.3 Å². The molecule has 2 fully saturated rings.